The summed E-state index contributed by atoms with van der Waals surface area (Å²) < 4.78 is 11.3. The maximum absolute atomic E-state index is 6.21. The number of rotatable bonds is 11. The van der Waals surface area contributed by atoms with Crippen molar-refractivity contribution in [2.24, 2.45) is 0 Å². The lowest BCUT2D eigenvalue weighted by Gasteiger charge is -2.13. The Bertz CT molecular complexity index is 371. The summed E-state index contributed by atoms with van der Waals surface area (Å²) in [5.41, 5.74) is 1.10. The number of para-hydroxylation sites is 1. The average molecular weight is 300 g/mol. The van der Waals surface area contributed by atoms with Gasteiger partial charge in [-0.15, -0.1) is 0 Å². The zero-order chi connectivity index (χ0) is 14.6. The molecule has 0 spiro atoms. The Balaban J connectivity index is 2.41. The largest absolute Gasteiger partial charge is 0.489 e. The molecule has 0 aliphatic heterocycles. The van der Waals surface area contributed by atoms with Crippen molar-refractivity contribution in [3.8, 4) is 5.75 Å². The first-order chi connectivity index (χ1) is 9.79. The van der Waals surface area contributed by atoms with Crippen LogP contribution in [0.3, 0.4) is 0 Å². The van der Waals surface area contributed by atoms with Crippen molar-refractivity contribution in [2.45, 2.75) is 39.7 Å². The summed E-state index contributed by atoms with van der Waals surface area (Å²) in [4.78, 5) is 0. The highest BCUT2D eigenvalue weighted by molar-refractivity contribution is 6.32. The van der Waals surface area contributed by atoms with E-state index in [1.165, 1.54) is 0 Å². The minimum atomic E-state index is 0.536. The summed E-state index contributed by atoms with van der Waals surface area (Å²) in [6.45, 7) is 8.01. The third kappa shape index (κ3) is 6.60. The number of unbranched alkanes of at least 4 members (excludes halogenated alkanes) is 1. The number of halogens is 1. The molecule has 0 radical (unpaired) electrons. The lowest BCUT2D eigenvalue weighted by Crippen LogP contribution is -2.15. The van der Waals surface area contributed by atoms with Crippen molar-refractivity contribution in [1.29, 1.82) is 0 Å². The molecule has 0 aromatic heterocycles. The normalized spacial score (nSPS) is 10.8. The van der Waals surface area contributed by atoms with Crippen molar-refractivity contribution in [3.05, 3.63) is 28.8 Å². The molecule has 0 fully saturated rings. The number of ether oxygens (including phenoxy) is 2. The van der Waals surface area contributed by atoms with Gasteiger partial charge in [0.15, 0.2) is 0 Å². The molecule has 0 aliphatic rings. The highest BCUT2D eigenvalue weighted by Crippen LogP contribution is 2.28. The van der Waals surface area contributed by atoms with Crippen LogP contribution in [0, 0.1) is 0 Å². The van der Waals surface area contributed by atoms with E-state index < -0.39 is 0 Å². The van der Waals surface area contributed by atoms with Gasteiger partial charge in [0.2, 0.25) is 0 Å². The second-order valence-electron chi connectivity index (χ2n) is 4.72. The number of hydrogen-bond acceptors (Lipinski definition) is 3. The minimum Gasteiger partial charge on any atom is -0.489 e. The van der Waals surface area contributed by atoms with Gasteiger partial charge in [0.1, 0.15) is 12.4 Å². The van der Waals surface area contributed by atoms with Crippen LogP contribution < -0.4 is 10.1 Å². The Kier molecular flexibility index (Phi) is 9.46. The van der Waals surface area contributed by atoms with Gasteiger partial charge in [0.25, 0.3) is 0 Å². The molecule has 0 amide bonds. The molecular weight excluding hydrogens is 274 g/mol. The van der Waals surface area contributed by atoms with Crippen LogP contribution in [0.4, 0.5) is 0 Å². The molecule has 1 rings (SSSR count). The predicted molar refractivity (Wildman–Crippen MR) is 84.7 cm³/mol. The lowest BCUT2D eigenvalue weighted by molar-refractivity contribution is 0.0977. The molecule has 1 aromatic carbocycles. The second kappa shape index (κ2) is 11.0. The highest BCUT2D eigenvalue weighted by Gasteiger charge is 2.08. The van der Waals surface area contributed by atoms with Gasteiger partial charge in [-0.1, -0.05) is 44.0 Å². The summed E-state index contributed by atoms with van der Waals surface area (Å²) in [5.74, 6) is 0.775. The molecule has 4 heteroatoms. The fourth-order valence-electron chi connectivity index (χ4n) is 1.81. The maximum Gasteiger partial charge on any atom is 0.142 e. The molecule has 0 saturated heterocycles. The average Bonchev–Trinajstić information content (AvgIpc) is 2.45. The van der Waals surface area contributed by atoms with Gasteiger partial charge in [-0.3, -0.25) is 0 Å². The molecule has 0 saturated carbocycles. The first kappa shape index (κ1) is 17.3. The molecular formula is C16H26ClNO2. The van der Waals surface area contributed by atoms with Crippen molar-refractivity contribution < 1.29 is 9.47 Å². The van der Waals surface area contributed by atoms with Crippen LogP contribution in [-0.4, -0.2) is 26.4 Å². The fourth-order valence-corrected chi connectivity index (χ4v) is 2.05. The van der Waals surface area contributed by atoms with Gasteiger partial charge < -0.3 is 14.8 Å². The monoisotopic (exact) mass is 299 g/mol. The van der Waals surface area contributed by atoms with Crippen LogP contribution in [0.2, 0.25) is 5.02 Å². The first-order valence-electron chi connectivity index (χ1n) is 7.48. The second-order valence-corrected chi connectivity index (χ2v) is 5.13. The Hall–Kier alpha value is -0.770. The van der Waals surface area contributed by atoms with Crippen LogP contribution in [0.25, 0.3) is 0 Å². The van der Waals surface area contributed by atoms with Gasteiger partial charge in [-0.25, -0.2) is 0 Å². The van der Waals surface area contributed by atoms with E-state index in [2.05, 4.69) is 19.2 Å². The highest BCUT2D eigenvalue weighted by atomic mass is 35.5. The number of benzene rings is 1. The van der Waals surface area contributed by atoms with Gasteiger partial charge in [0.05, 0.1) is 11.6 Å². The Morgan fingerprint density at radius 1 is 1.10 bits per heavy atom. The predicted octanol–water partition coefficient (Wildman–Crippen LogP) is 4.04. The summed E-state index contributed by atoms with van der Waals surface area (Å²) in [5, 5.41) is 4.03. The van der Waals surface area contributed by atoms with Gasteiger partial charge in [0, 0.05) is 18.7 Å². The molecule has 1 N–H and O–H groups in total. The summed E-state index contributed by atoms with van der Waals surface area (Å²) >= 11 is 6.21. The Morgan fingerprint density at radius 3 is 2.70 bits per heavy atom. The van der Waals surface area contributed by atoms with E-state index in [4.69, 9.17) is 21.1 Å². The summed E-state index contributed by atoms with van der Waals surface area (Å²) in [6.07, 6.45) is 3.36. The molecule has 0 heterocycles. The summed E-state index contributed by atoms with van der Waals surface area (Å²) in [6, 6.07) is 5.86. The number of nitrogens with one attached hydrogen (secondary N) is 1. The Labute approximate surface area is 127 Å². The van der Waals surface area contributed by atoms with E-state index in [-0.39, 0.29) is 0 Å². The smallest absolute Gasteiger partial charge is 0.142 e. The van der Waals surface area contributed by atoms with Crippen molar-refractivity contribution in [3.63, 3.8) is 0 Å². The standard InChI is InChI=1S/C16H26ClNO2/c1-3-5-10-19-11-12-20-16-14(13-18-9-4-2)7-6-8-15(16)17/h6-8,18H,3-5,9-13H2,1-2H3. The zero-order valence-electron chi connectivity index (χ0n) is 12.6. The lowest BCUT2D eigenvalue weighted by atomic mass is 10.2. The topological polar surface area (TPSA) is 30.5 Å². The molecule has 0 atom stereocenters. The molecule has 0 bridgehead atoms. The van der Waals surface area contributed by atoms with Crippen molar-refractivity contribution >= 4 is 11.6 Å². The molecule has 3 nitrogen and oxygen atoms in total. The van der Waals surface area contributed by atoms with E-state index >= 15 is 0 Å². The minimum absolute atomic E-state index is 0.536. The van der Waals surface area contributed by atoms with Crippen LogP contribution in [0.15, 0.2) is 18.2 Å². The first-order valence-corrected chi connectivity index (χ1v) is 7.86. The quantitative estimate of drug-likeness (QED) is 0.626. The molecule has 1 aromatic rings. The van der Waals surface area contributed by atoms with E-state index in [9.17, 15) is 0 Å². The van der Waals surface area contributed by atoms with E-state index in [1.54, 1.807) is 0 Å². The molecule has 0 unspecified atom stereocenters. The SMILES string of the molecule is CCCCOCCOc1c(Cl)cccc1CNCCC. The third-order valence-corrected chi connectivity index (χ3v) is 3.20. The van der Waals surface area contributed by atoms with Crippen LogP contribution in [0.5, 0.6) is 5.75 Å². The van der Waals surface area contributed by atoms with E-state index in [1.807, 2.05) is 18.2 Å². The van der Waals surface area contributed by atoms with Crippen molar-refractivity contribution in [2.75, 3.05) is 26.4 Å². The molecule has 0 aliphatic carbocycles. The van der Waals surface area contributed by atoms with E-state index in [0.29, 0.717) is 18.2 Å². The van der Waals surface area contributed by atoms with Gasteiger partial charge in [-0.05, 0) is 25.5 Å². The van der Waals surface area contributed by atoms with Gasteiger partial charge >= 0.3 is 0 Å². The van der Waals surface area contributed by atoms with Gasteiger partial charge in [-0.2, -0.15) is 0 Å². The fraction of sp³-hybridized carbons (Fsp3) is 0.625. The van der Waals surface area contributed by atoms with Crippen LogP contribution >= 0.6 is 11.6 Å². The van der Waals surface area contributed by atoms with Crippen LogP contribution in [-0.2, 0) is 11.3 Å². The van der Waals surface area contributed by atoms with E-state index in [0.717, 1.165) is 50.3 Å². The molecule has 20 heavy (non-hydrogen) atoms. The van der Waals surface area contributed by atoms with Crippen molar-refractivity contribution in [1.82, 2.24) is 5.32 Å². The zero-order valence-corrected chi connectivity index (χ0v) is 13.3. The Morgan fingerprint density at radius 2 is 1.95 bits per heavy atom. The third-order valence-electron chi connectivity index (χ3n) is 2.91. The maximum atomic E-state index is 6.21. The molecule has 114 valence electrons. The summed E-state index contributed by atoms with van der Waals surface area (Å²) in [7, 11) is 0. The number of hydrogen-bond donors (Lipinski definition) is 1. The van der Waals surface area contributed by atoms with Crippen LogP contribution in [0.1, 0.15) is 38.7 Å².